The molecule has 0 aromatic heterocycles. The van der Waals surface area contributed by atoms with Gasteiger partial charge in [0.1, 0.15) is 17.7 Å². The molecule has 2 aromatic carbocycles. The van der Waals surface area contributed by atoms with Crippen molar-refractivity contribution in [2.24, 2.45) is 0 Å². The molecule has 1 unspecified atom stereocenters. The number of hydrogen-bond acceptors (Lipinski definition) is 2. The quantitative estimate of drug-likeness (QED) is 0.727. The first-order valence-corrected chi connectivity index (χ1v) is 7.36. The number of ether oxygens (including phenoxy) is 1. The van der Waals surface area contributed by atoms with Gasteiger partial charge in [0.2, 0.25) is 0 Å². The Hall–Kier alpha value is -0.660. The van der Waals surface area contributed by atoms with E-state index in [1.165, 1.54) is 12.1 Å². The fourth-order valence-electron chi connectivity index (χ4n) is 1.76. The Morgan fingerprint density at radius 2 is 2.00 bits per heavy atom. The van der Waals surface area contributed by atoms with Crippen LogP contribution in [0.25, 0.3) is 0 Å². The van der Waals surface area contributed by atoms with Gasteiger partial charge in [-0.25, -0.2) is 4.39 Å². The van der Waals surface area contributed by atoms with Crippen LogP contribution in [-0.4, -0.2) is 12.2 Å². The number of methoxy groups -OCH3 is 1. The third-order valence-electron chi connectivity index (χ3n) is 2.75. The lowest BCUT2D eigenvalue weighted by atomic mass is 10.0. The van der Waals surface area contributed by atoms with Crippen LogP contribution in [-0.2, 0) is 0 Å². The summed E-state index contributed by atoms with van der Waals surface area (Å²) in [5, 5.41) is 10.4. The molecule has 0 saturated carbocycles. The van der Waals surface area contributed by atoms with Gasteiger partial charge in [0.25, 0.3) is 0 Å². The van der Waals surface area contributed by atoms with E-state index in [0.717, 1.165) is 10.0 Å². The highest BCUT2D eigenvalue weighted by Gasteiger charge is 2.15. The lowest BCUT2D eigenvalue weighted by molar-refractivity contribution is 0.219. The fourth-order valence-corrected chi connectivity index (χ4v) is 3.09. The largest absolute Gasteiger partial charge is 0.496 e. The summed E-state index contributed by atoms with van der Waals surface area (Å²) in [6, 6.07) is 9.70. The van der Waals surface area contributed by atoms with Crippen molar-refractivity contribution in [1.29, 1.82) is 0 Å². The van der Waals surface area contributed by atoms with E-state index in [9.17, 15) is 9.50 Å². The molecular weight excluding hydrogens is 426 g/mol. The zero-order chi connectivity index (χ0) is 14.0. The van der Waals surface area contributed by atoms with Crippen LogP contribution in [0.15, 0.2) is 40.9 Å². The molecule has 5 heteroatoms. The average Bonchev–Trinajstić information content (AvgIpc) is 2.38. The van der Waals surface area contributed by atoms with Crippen LogP contribution >= 0.6 is 38.5 Å². The smallest absolute Gasteiger partial charge is 0.133 e. The summed E-state index contributed by atoms with van der Waals surface area (Å²) in [5.41, 5.74) is 1.40. The molecular formula is C14H11BrFIO2. The van der Waals surface area contributed by atoms with E-state index in [2.05, 4.69) is 15.9 Å². The molecule has 19 heavy (non-hydrogen) atoms. The maximum atomic E-state index is 13.1. The molecule has 0 aliphatic heterocycles. The molecule has 2 aromatic rings. The van der Waals surface area contributed by atoms with Crippen molar-refractivity contribution in [2.45, 2.75) is 6.10 Å². The molecule has 0 spiro atoms. The summed E-state index contributed by atoms with van der Waals surface area (Å²) in [5.74, 6) is 0.390. The molecule has 100 valence electrons. The van der Waals surface area contributed by atoms with Crippen LogP contribution in [0.3, 0.4) is 0 Å². The standard InChI is InChI=1S/C14H11BrFIO2/c1-19-13-5-2-8(6-11(13)15)14(18)10-4-3-9(16)7-12(10)17/h2-7,14,18H,1H3. The van der Waals surface area contributed by atoms with E-state index >= 15 is 0 Å². The van der Waals surface area contributed by atoms with Crippen molar-refractivity contribution in [3.63, 3.8) is 0 Å². The first kappa shape index (κ1) is 14.7. The van der Waals surface area contributed by atoms with Crippen molar-refractivity contribution < 1.29 is 14.2 Å². The van der Waals surface area contributed by atoms with Crippen LogP contribution in [0.2, 0.25) is 0 Å². The minimum absolute atomic E-state index is 0.309. The summed E-state index contributed by atoms with van der Waals surface area (Å²) in [6.07, 6.45) is -0.797. The van der Waals surface area contributed by atoms with Crippen LogP contribution < -0.4 is 4.74 Å². The SMILES string of the molecule is COc1ccc(C(O)c2ccc(F)cc2I)cc1Br. The molecule has 1 atom stereocenters. The third-order valence-corrected chi connectivity index (χ3v) is 4.30. The molecule has 0 aliphatic carbocycles. The van der Waals surface area contributed by atoms with Crippen molar-refractivity contribution in [3.8, 4) is 5.75 Å². The van der Waals surface area contributed by atoms with Gasteiger partial charge in [-0.1, -0.05) is 12.1 Å². The van der Waals surface area contributed by atoms with Crippen LogP contribution in [0.5, 0.6) is 5.75 Å². The van der Waals surface area contributed by atoms with E-state index in [1.54, 1.807) is 31.4 Å². The minimum Gasteiger partial charge on any atom is -0.496 e. The normalized spacial score (nSPS) is 12.3. The van der Waals surface area contributed by atoms with Crippen LogP contribution in [0, 0.1) is 9.39 Å². The Labute approximate surface area is 132 Å². The van der Waals surface area contributed by atoms with E-state index < -0.39 is 6.10 Å². The van der Waals surface area contributed by atoms with E-state index in [1.807, 2.05) is 22.6 Å². The van der Waals surface area contributed by atoms with Crippen LogP contribution in [0.4, 0.5) is 4.39 Å². The molecule has 2 nitrogen and oxygen atoms in total. The van der Waals surface area contributed by atoms with Crippen molar-refractivity contribution in [3.05, 3.63) is 61.4 Å². The number of halogens is 3. The van der Waals surface area contributed by atoms with Gasteiger partial charge in [-0.05, 0) is 73.9 Å². The highest BCUT2D eigenvalue weighted by atomic mass is 127. The number of benzene rings is 2. The number of aliphatic hydroxyl groups is 1. The molecule has 2 rings (SSSR count). The van der Waals surface area contributed by atoms with Gasteiger partial charge in [0.15, 0.2) is 0 Å². The summed E-state index contributed by atoms with van der Waals surface area (Å²) < 4.78 is 19.7. The second kappa shape index (κ2) is 6.19. The second-order valence-corrected chi connectivity index (χ2v) is 5.98. The summed E-state index contributed by atoms with van der Waals surface area (Å²) in [4.78, 5) is 0. The Bertz CT molecular complexity index is 604. The number of hydrogen-bond donors (Lipinski definition) is 1. The number of rotatable bonds is 3. The maximum absolute atomic E-state index is 13.1. The molecule has 0 fully saturated rings. The topological polar surface area (TPSA) is 29.5 Å². The minimum atomic E-state index is -0.797. The Morgan fingerprint density at radius 3 is 2.58 bits per heavy atom. The lowest BCUT2D eigenvalue weighted by Gasteiger charge is -2.15. The van der Waals surface area contributed by atoms with Gasteiger partial charge in [-0.2, -0.15) is 0 Å². The predicted octanol–water partition coefficient (Wildman–Crippen LogP) is 4.28. The van der Waals surface area contributed by atoms with Crippen molar-refractivity contribution >= 4 is 38.5 Å². The summed E-state index contributed by atoms with van der Waals surface area (Å²) in [6.45, 7) is 0. The zero-order valence-electron chi connectivity index (χ0n) is 10.0. The van der Waals surface area contributed by atoms with Gasteiger partial charge in [0, 0.05) is 3.57 Å². The third kappa shape index (κ3) is 3.27. The van der Waals surface area contributed by atoms with E-state index in [4.69, 9.17) is 4.74 Å². The molecule has 1 N–H and O–H groups in total. The van der Waals surface area contributed by atoms with E-state index in [0.29, 0.717) is 14.9 Å². The molecule has 0 saturated heterocycles. The molecule has 0 amide bonds. The fraction of sp³-hybridized carbons (Fsp3) is 0.143. The first-order valence-electron chi connectivity index (χ1n) is 5.49. The Kier molecular flexibility index (Phi) is 4.81. The van der Waals surface area contributed by atoms with Gasteiger partial charge in [-0.15, -0.1) is 0 Å². The monoisotopic (exact) mass is 436 g/mol. The number of aliphatic hydroxyl groups excluding tert-OH is 1. The van der Waals surface area contributed by atoms with Gasteiger partial charge >= 0.3 is 0 Å². The highest BCUT2D eigenvalue weighted by molar-refractivity contribution is 14.1. The summed E-state index contributed by atoms with van der Waals surface area (Å²) >= 11 is 5.39. The highest BCUT2D eigenvalue weighted by Crippen LogP contribution is 2.32. The predicted molar refractivity (Wildman–Crippen MR) is 83.9 cm³/mol. The molecule has 0 radical (unpaired) electrons. The van der Waals surface area contributed by atoms with Crippen LogP contribution in [0.1, 0.15) is 17.2 Å². The first-order chi connectivity index (χ1) is 9.02. The summed E-state index contributed by atoms with van der Waals surface area (Å²) in [7, 11) is 1.58. The van der Waals surface area contributed by atoms with Gasteiger partial charge in [0.05, 0.1) is 11.6 Å². The van der Waals surface area contributed by atoms with Crippen molar-refractivity contribution in [1.82, 2.24) is 0 Å². The van der Waals surface area contributed by atoms with Gasteiger partial charge in [-0.3, -0.25) is 0 Å². The lowest BCUT2D eigenvalue weighted by Crippen LogP contribution is -2.02. The molecule has 0 heterocycles. The van der Waals surface area contributed by atoms with E-state index in [-0.39, 0.29) is 5.82 Å². The maximum Gasteiger partial charge on any atom is 0.133 e. The molecule has 0 aliphatic rings. The van der Waals surface area contributed by atoms with Crippen molar-refractivity contribution in [2.75, 3.05) is 7.11 Å². The average molecular weight is 437 g/mol. The zero-order valence-corrected chi connectivity index (χ0v) is 13.8. The molecule has 0 bridgehead atoms. The van der Waals surface area contributed by atoms with Gasteiger partial charge < -0.3 is 9.84 Å². The second-order valence-electron chi connectivity index (χ2n) is 3.96. The Balaban J connectivity index is 2.38. The Morgan fingerprint density at radius 1 is 1.26 bits per heavy atom.